The second-order valence-corrected chi connectivity index (χ2v) is 5.80. The predicted molar refractivity (Wildman–Crippen MR) is 97.6 cm³/mol. The van der Waals surface area contributed by atoms with Crippen molar-refractivity contribution in [1.29, 1.82) is 0 Å². The van der Waals surface area contributed by atoms with E-state index in [-0.39, 0.29) is 0 Å². The van der Waals surface area contributed by atoms with Gasteiger partial charge < -0.3 is 15.5 Å². The van der Waals surface area contributed by atoms with Gasteiger partial charge in [-0.05, 0) is 38.1 Å². The monoisotopic (exact) mass is 313 g/mol. The molecule has 0 aliphatic heterocycles. The maximum Gasteiger partial charge on any atom is 0.135 e. The molecule has 0 amide bonds. The first-order valence-corrected chi connectivity index (χ1v) is 8.22. The molecule has 2 N–H and O–H groups in total. The summed E-state index contributed by atoms with van der Waals surface area (Å²) < 4.78 is 0. The van der Waals surface area contributed by atoms with E-state index >= 15 is 0 Å². The fourth-order valence-corrected chi connectivity index (χ4v) is 2.46. The molecule has 5 heteroatoms. The fraction of sp³-hybridized carbons (Fsp3) is 0.444. The zero-order valence-corrected chi connectivity index (χ0v) is 14.6. The number of nitrogens with zero attached hydrogens (tertiary/aromatic N) is 3. The molecule has 23 heavy (non-hydrogen) atoms. The normalized spacial score (nSPS) is 10.8. The summed E-state index contributed by atoms with van der Waals surface area (Å²) in [5.74, 6) is 1.67. The van der Waals surface area contributed by atoms with Crippen molar-refractivity contribution in [2.45, 2.75) is 26.7 Å². The maximum absolute atomic E-state index is 4.36. The minimum absolute atomic E-state index is 0.822. The van der Waals surface area contributed by atoms with Crippen LogP contribution in [0.3, 0.4) is 0 Å². The zero-order valence-electron chi connectivity index (χ0n) is 14.6. The van der Waals surface area contributed by atoms with E-state index in [1.165, 1.54) is 16.8 Å². The van der Waals surface area contributed by atoms with Gasteiger partial charge in [0.1, 0.15) is 18.0 Å². The number of rotatable bonds is 8. The average Bonchev–Trinajstić information content (AvgIpc) is 2.55. The smallest absolute Gasteiger partial charge is 0.135 e. The van der Waals surface area contributed by atoms with Crippen molar-refractivity contribution < 1.29 is 0 Å². The van der Waals surface area contributed by atoms with Gasteiger partial charge in [0.15, 0.2) is 0 Å². The van der Waals surface area contributed by atoms with Gasteiger partial charge in [-0.25, -0.2) is 9.97 Å². The van der Waals surface area contributed by atoms with Crippen LogP contribution in [0.2, 0.25) is 0 Å². The number of aryl methyl sites for hydroxylation is 2. The number of anilines is 3. The predicted octanol–water partition coefficient (Wildman–Crippen LogP) is 3.32. The summed E-state index contributed by atoms with van der Waals surface area (Å²) in [5.41, 5.74) is 3.80. The third-order valence-corrected chi connectivity index (χ3v) is 3.78. The topological polar surface area (TPSA) is 53.1 Å². The first-order valence-electron chi connectivity index (χ1n) is 8.22. The Labute approximate surface area is 139 Å². The molecule has 0 saturated heterocycles. The van der Waals surface area contributed by atoms with Gasteiger partial charge in [0.05, 0.1) is 0 Å². The quantitative estimate of drug-likeness (QED) is 0.783. The van der Waals surface area contributed by atoms with E-state index in [1.54, 1.807) is 6.33 Å². The molecule has 0 unspecified atom stereocenters. The van der Waals surface area contributed by atoms with E-state index in [4.69, 9.17) is 0 Å². The molecule has 5 nitrogen and oxygen atoms in total. The van der Waals surface area contributed by atoms with E-state index in [2.05, 4.69) is 71.6 Å². The maximum atomic E-state index is 4.36. The summed E-state index contributed by atoms with van der Waals surface area (Å²) in [5, 5.41) is 6.81. The second kappa shape index (κ2) is 8.48. The number of aromatic nitrogens is 2. The lowest BCUT2D eigenvalue weighted by Crippen LogP contribution is -2.21. The van der Waals surface area contributed by atoms with Crippen LogP contribution in [0.25, 0.3) is 0 Å². The van der Waals surface area contributed by atoms with Crippen molar-refractivity contribution in [3.05, 3.63) is 41.7 Å². The Morgan fingerprint density at radius 2 is 1.65 bits per heavy atom. The number of para-hydroxylation sites is 1. The third-order valence-electron chi connectivity index (χ3n) is 3.78. The molecule has 0 fully saturated rings. The van der Waals surface area contributed by atoms with Gasteiger partial charge in [0.2, 0.25) is 0 Å². The van der Waals surface area contributed by atoms with E-state index in [1.807, 2.05) is 6.07 Å². The Bertz CT molecular complexity index is 602. The van der Waals surface area contributed by atoms with Crippen LogP contribution in [0.5, 0.6) is 0 Å². The Kier molecular flexibility index (Phi) is 6.35. The van der Waals surface area contributed by atoms with Gasteiger partial charge in [-0.2, -0.15) is 0 Å². The number of benzene rings is 1. The fourth-order valence-electron chi connectivity index (χ4n) is 2.46. The van der Waals surface area contributed by atoms with Crippen LogP contribution in [0, 0.1) is 0 Å². The number of hydrogen-bond acceptors (Lipinski definition) is 5. The van der Waals surface area contributed by atoms with E-state index in [0.717, 1.165) is 37.6 Å². The minimum atomic E-state index is 0.822. The van der Waals surface area contributed by atoms with E-state index in [9.17, 15) is 0 Å². The first-order chi connectivity index (χ1) is 11.1. The van der Waals surface area contributed by atoms with Crippen LogP contribution in [-0.4, -0.2) is 42.1 Å². The van der Waals surface area contributed by atoms with Crippen LogP contribution in [0.4, 0.5) is 17.3 Å². The summed E-state index contributed by atoms with van der Waals surface area (Å²) in [6.07, 6.45) is 3.59. The molecule has 0 atom stereocenters. The molecule has 1 aromatic carbocycles. The molecule has 0 aliphatic rings. The van der Waals surface area contributed by atoms with Gasteiger partial charge in [-0.3, -0.25) is 0 Å². The van der Waals surface area contributed by atoms with Crippen molar-refractivity contribution >= 4 is 17.3 Å². The summed E-state index contributed by atoms with van der Waals surface area (Å²) in [6, 6.07) is 8.41. The minimum Gasteiger partial charge on any atom is -0.369 e. The SMILES string of the molecule is CCc1cccc(CC)c1Nc1cc(NCCN(C)C)ncn1. The van der Waals surface area contributed by atoms with Crippen molar-refractivity contribution in [2.75, 3.05) is 37.8 Å². The summed E-state index contributed by atoms with van der Waals surface area (Å²) in [4.78, 5) is 10.8. The second-order valence-electron chi connectivity index (χ2n) is 5.80. The summed E-state index contributed by atoms with van der Waals surface area (Å²) >= 11 is 0. The standard InChI is InChI=1S/C18H27N5/c1-5-14-8-7-9-15(6-2)18(14)22-17-12-16(20-13-21-17)19-10-11-23(3)4/h7-9,12-13H,5-6,10-11H2,1-4H3,(H2,19,20,21,22). The van der Waals surface area contributed by atoms with E-state index < -0.39 is 0 Å². The molecule has 124 valence electrons. The van der Waals surface area contributed by atoms with Gasteiger partial charge >= 0.3 is 0 Å². The van der Waals surface area contributed by atoms with Crippen LogP contribution in [0.1, 0.15) is 25.0 Å². The molecular weight excluding hydrogens is 286 g/mol. The molecule has 0 bridgehead atoms. The lowest BCUT2D eigenvalue weighted by molar-refractivity contribution is 0.425. The summed E-state index contributed by atoms with van der Waals surface area (Å²) in [7, 11) is 4.12. The average molecular weight is 313 g/mol. The highest BCUT2D eigenvalue weighted by molar-refractivity contribution is 5.66. The van der Waals surface area contributed by atoms with Gasteiger partial charge in [-0.1, -0.05) is 32.0 Å². The van der Waals surface area contributed by atoms with Crippen LogP contribution in [-0.2, 0) is 12.8 Å². The highest BCUT2D eigenvalue weighted by Gasteiger charge is 2.08. The Morgan fingerprint density at radius 1 is 1.00 bits per heavy atom. The van der Waals surface area contributed by atoms with Crippen molar-refractivity contribution in [1.82, 2.24) is 14.9 Å². The number of nitrogens with one attached hydrogen (secondary N) is 2. The highest BCUT2D eigenvalue weighted by atomic mass is 15.1. The first kappa shape index (κ1) is 17.2. The van der Waals surface area contributed by atoms with Crippen molar-refractivity contribution in [3.63, 3.8) is 0 Å². The molecular formula is C18H27N5. The largest absolute Gasteiger partial charge is 0.369 e. The van der Waals surface area contributed by atoms with Crippen LogP contribution < -0.4 is 10.6 Å². The Balaban J connectivity index is 2.14. The molecule has 0 saturated carbocycles. The molecule has 0 aliphatic carbocycles. The molecule has 0 radical (unpaired) electrons. The molecule has 1 aromatic heterocycles. The van der Waals surface area contributed by atoms with Crippen LogP contribution in [0.15, 0.2) is 30.6 Å². The van der Waals surface area contributed by atoms with Crippen LogP contribution >= 0.6 is 0 Å². The highest BCUT2D eigenvalue weighted by Crippen LogP contribution is 2.26. The molecule has 0 spiro atoms. The molecule has 2 rings (SSSR count). The van der Waals surface area contributed by atoms with Gasteiger partial charge in [-0.15, -0.1) is 0 Å². The lowest BCUT2D eigenvalue weighted by atomic mass is 10.0. The van der Waals surface area contributed by atoms with Gasteiger partial charge in [0.25, 0.3) is 0 Å². The molecule has 1 heterocycles. The van der Waals surface area contributed by atoms with Crippen molar-refractivity contribution in [2.24, 2.45) is 0 Å². The van der Waals surface area contributed by atoms with Gasteiger partial charge in [0, 0.05) is 24.8 Å². The number of hydrogen-bond donors (Lipinski definition) is 2. The Hall–Kier alpha value is -2.14. The number of likely N-dealkylation sites (N-methyl/N-ethyl adjacent to an activating group) is 1. The Morgan fingerprint density at radius 3 is 2.26 bits per heavy atom. The van der Waals surface area contributed by atoms with Crippen molar-refractivity contribution in [3.8, 4) is 0 Å². The zero-order chi connectivity index (χ0) is 16.7. The molecule has 2 aromatic rings. The third kappa shape index (κ3) is 4.93. The summed E-state index contributed by atoms with van der Waals surface area (Å²) in [6.45, 7) is 6.17. The van der Waals surface area contributed by atoms with E-state index in [0.29, 0.717) is 0 Å². The lowest BCUT2D eigenvalue weighted by Gasteiger charge is -2.15.